The highest BCUT2D eigenvalue weighted by atomic mass is 16.4. The molecule has 0 radical (unpaired) electrons. The number of amides is 1. The van der Waals surface area contributed by atoms with Gasteiger partial charge in [-0.25, -0.2) is 4.79 Å². The van der Waals surface area contributed by atoms with Crippen molar-refractivity contribution in [2.45, 2.75) is 12.8 Å². The molecular weight excluding hydrogens is 418 g/mol. The van der Waals surface area contributed by atoms with Crippen LogP contribution in [0.15, 0.2) is 48.7 Å². The summed E-state index contributed by atoms with van der Waals surface area (Å²) in [5.41, 5.74) is 4.24. The zero-order chi connectivity index (χ0) is 22.8. The number of pyridine rings is 1. The number of hydrogen-bond donors (Lipinski definition) is 3. The minimum absolute atomic E-state index is 0.0776. The molecular formula is C25H27N5O3. The van der Waals surface area contributed by atoms with Gasteiger partial charge in [0.05, 0.1) is 5.69 Å². The standard InChI is InChI=1S/C25H27N5O3/c31-24(30-11-1-2-12-30)18-5-3-17(4-6-18)21-15-19(7-8-27-21)22-16-20(25(32)33)23(28-22)29-13-9-26-10-14-29/h3-8,15-16,26,28H,1-2,9-14H2,(H,32,33). The fraction of sp³-hybridized carbons (Fsp3) is 0.320. The molecule has 0 spiro atoms. The minimum Gasteiger partial charge on any atom is -0.478 e. The van der Waals surface area contributed by atoms with Gasteiger partial charge in [-0.15, -0.1) is 0 Å². The summed E-state index contributed by atoms with van der Waals surface area (Å²) in [6, 6.07) is 13.0. The van der Waals surface area contributed by atoms with E-state index in [1.54, 1.807) is 12.3 Å². The number of piperazine rings is 1. The van der Waals surface area contributed by atoms with Crippen LogP contribution in [0.3, 0.4) is 0 Å². The van der Waals surface area contributed by atoms with Crippen LogP contribution in [0.4, 0.5) is 5.82 Å². The fourth-order valence-corrected chi connectivity index (χ4v) is 4.54. The van der Waals surface area contributed by atoms with Crippen LogP contribution in [0.2, 0.25) is 0 Å². The number of anilines is 1. The Morgan fingerprint density at radius 2 is 1.64 bits per heavy atom. The number of carboxylic acid groups (broad SMARTS) is 1. The number of aromatic nitrogens is 2. The van der Waals surface area contributed by atoms with Crippen molar-refractivity contribution in [2.75, 3.05) is 44.2 Å². The van der Waals surface area contributed by atoms with E-state index in [-0.39, 0.29) is 11.5 Å². The van der Waals surface area contributed by atoms with E-state index in [1.807, 2.05) is 41.3 Å². The lowest BCUT2D eigenvalue weighted by molar-refractivity contribution is 0.0697. The lowest BCUT2D eigenvalue weighted by atomic mass is 10.1. The highest BCUT2D eigenvalue weighted by Gasteiger charge is 2.22. The van der Waals surface area contributed by atoms with Gasteiger partial charge < -0.3 is 25.2 Å². The Kier molecular flexibility index (Phi) is 5.83. The zero-order valence-corrected chi connectivity index (χ0v) is 18.4. The van der Waals surface area contributed by atoms with Gasteiger partial charge in [-0.2, -0.15) is 0 Å². The van der Waals surface area contributed by atoms with Gasteiger partial charge in [0.1, 0.15) is 11.4 Å². The largest absolute Gasteiger partial charge is 0.478 e. The van der Waals surface area contributed by atoms with Gasteiger partial charge in [-0.3, -0.25) is 9.78 Å². The average molecular weight is 446 g/mol. The molecule has 1 amide bonds. The first kappa shape index (κ1) is 21.2. The molecule has 0 saturated carbocycles. The Balaban J connectivity index is 1.41. The van der Waals surface area contributed by atoms with Crippen molar-refractivity contribution < 1.29 is 14.7 Å². The molecule has 33 heavy (non-hydrogen) atoms. The van der Waals surface area contributed by atoms with Crippen molar-refractivity contribution in [3.8, 4) is 22.5 Å². The number of hydrogen-bond acceptors (Lipinski definition) is 5. The van der Waals surface area contributed by atoms with Crippen molar-refractivity contribution >= 4 is 17.7 Å². The third-order valence-electron chi connectivity index (χ3n) is 6.35. The lowest BCUT2D eigenvalue weighted by Crippen LogP contribution is -2.44. The van der Waals surface area contributed by atoms with E-state index in [9.17, 15) is 14.7 Å². The Labute approximate surface area is 192 Å². The molecule has 0 unspecified atom stereocenters. The first-order valence-corrected chi connectivity index (χ1v) is 11.4. The predicted octanol–water partition coefficient (Wildman–Crippen LogP) is 3.09. The number of aromatic carboxylic acids is 1. The molecule has 2 aromatic heterocycles. The first-order valence-electron chi connectivity index (χ1n) is 11.4. The maximum atomic E-state index is 12.6. The Morgan fingerprint density at radius 3 is 2.33 bits per heavy atom. The van der Waals surface area contributed by atoms with Crippen molar-refractivity contribution in [1.29, 1.82) is 0 Å². The van der Waals surface area contributed by atoms with Crippen LogP contribution in [0, 0.1) is 0 Å². The summed E-state index contributed by atoms with van der Waals surface area (Å²) in [4.78, 5) is 36.3. The second-order valence-corrected chi connectivity index (χ2v) is 8.49. The van der Waals surface area contributed by atoms with E-state index in [2.05, 4.69) is 20.2 Å². The summed E-state index contributed by atoms with van der Waals surface area (Å²) in [7, 11) is 0. The number of carbonyl (C=O) groups excluding carboxylic acids is 1. The molecule has 2 aliphatic rings. The van der Waals surface area contributed by atoms with Crippen LogP contribution >= 0.6 is 0 Å². The third-order valence-corrected chi connectivity index (χ3v) is 6.35. The van der Waals surface area contributed by atoms with Gasteiger partial charge in [0.2, 0.25) is 0 Å². The van der Waals surface area contributed by atoms with Crippen LogP contribution in [0.5, 0.6) is 0 Å². The molecule has 2 saturated heterocycles. The monoisotopic (exact) mass is 445 g/mol. The van der Waals surface area contributed by atoms with Crippen molar-refractivity contribution in [3.05, 3.63) is 59.8 Å². The van der Waals surface area contributed by atoms with Crippen LogP contribution in [0.25, 0.3) is 22.5 Å². The lowest BCUT2D eigenvalue weighted by Gasteiger charge is -2.28. The number of aromatic amines is 1. The van der Waals surface area contributed by atoms with E-state index in [1.165, 1.54) is 0 Å². The number of nitrogens with zero attached hydrogens (tertiary/aromatic N) is 3. The van der Waals surface area contributed by atoms with E-state index in [4.69, 9.17) is 0 Å². The molecule has 8 nitrogen and oxygen atoms in total. The molecule has 0 bridgehead atoms. The number of carboxylic acids is 1. The second-order valence-electron chi connectivity index (χ2n) is 8.49. The van der Waals surface area contributed by atoms with E-state index in [0.717, 1.165) is 74.6 Å². The minimum atomic E-state index is -0.946. The summed E-state index contributed by atoms with van der Waals surface area (Å²) >= 11 is 0. The molecule has 1 aromatic carbocycles. The molecule has 0 aliphatic carbocycles. The SMILES string of the molecule is O=C(O)c1cc(-c2ccnc(-c3ccc(C(=O)N4CCCC4)cc3)c2)[nH]c1N1CCNCC1. The molecule has 3 N–H and O–H groups in total. The molecule has 0 atom stereocenters. The van der Waals surface area contributed by atoms with Crippen LogP contribution in [-0.2, 0) is 0 Å². The number of benzene rings is 1. The van der Waals surface area contributed by atoms with Gasteiger partial charge in [-0.05, 0) is 43.2 Å². The molecule has 2 aliphatic heterocycles. The number of rotatable bonds is 5. The Bertz CT molecular complexity index is 1160. The molecule has 170 valence electrons. The summed E-state index contributed by atoms with van der Waals surface area (Å²) < 4.78 is 0. The topological polar surface area (TPSA) is 102 Å². The maximum absolute atomic E-state index is 12.6. The maximum Gasteiger partial charge on any atom is 0.339 e. The molecule has 5 rings (SSSR count). The van der Waals surface area contributed by atoms with Crippen molar-refractivity contribution in [3.63, 3.8) is 0 Å². The summed E-state index contributed by atoms with van der Waals surface area (Å²) in [5, 5.41) is 13.0. The van der Waals surface area contributed by atoms with Gasteiger partial charge in [0.15, 0.2) is 0 Å². The normalized spacial score (nSPS) is 16.2. The van der Waals surface area contributed by atoms with Crippen LogP contribution in [-0.4, -0.2) is 71.1 Å². The third kappa shape index (κ3) is 4.34. The van der Waals surface area contributed by atoms with E-state index in [0.29, 0.717) is 11.4 Å². The smallest absolute Gasteiger partial charge is 0.339 e. The van der Waals surface area contributed by atoms with Crippen LogP contribution in [0.1, 0.15) is 33.6 Å². The number of nitrogens with one attached hydrogen (secondary N) is 2. The highest BCUT2D eigenvalue weighted by molar-refractivity contribution is 5.96. The van der Waals surface area contributed by atoms with Crippen LogP contribution < -0.4 is 10.2 Å². The molecule has 2 fully saturated rings. The van der Waals surface area contributed by atoms with Crippen molar-refractivity contribution in [1.82, 2.24) is 20.2 Å². The van der Waals surface area contributed by atoms with Gasteiger partial charge in [-0.1, -0.05) is 12.1 Å². The van der Waals surface area contributed by atoms with E-state index < -0.39 is 5.97 Å². The molecule has 3 aromatic rings. The number of likely N-dealkylation sites (tertiary alicyclic amines) is 1. The van der Waals surface area contributed by atoms with Gasteiger partial charge >= 0.3 is 5.97 Å². The van der Waals surface area contributed by atoms with Gasteiger partial charge in [0, 0.05) is 67.8 Å². The molecule has 8 heteroatoms. The predicted molar refractivity (Wildman–Crippen MR) is 127 cm³/mol. The highest BCUT2D eigenvalue weighted by Crippen LogP contribution is 2.30. The fourth-order valence-electron chi connectivity index (χ4n) is 4.54. The quantitative estimate of drug-likeness (QED) is 0.558. The Morgan fingerprint density at radius 1 is 0.909 bits per heavy atom. The number of carbonyl (C=O) groups is 2. The van der Waals surface area contributed by atoms with Crippen molar-refractivity contribution in [2.24, 2.45) is 0 Å². The summed E-state index contributed by atoms with van der Waals surface area (Å²) in [6.45, 7) is 4.81. The summed E-state index contributed by atoms with van der Waals surface area (Å²) in [6.07, 6.45) is 3.86. The Hall–Kier alpha value is -3.65. The van der Waals surface area contributed by atoms with Gasteiger partial charge in [0.25, 0.3) is 5.91 Å². The van der Waals surface area contributed by atoms with E-state index >= 15 is 0 Å². The first-order chi connectivity index (χ1) is 16.1. The number of H-pyrrole nitrogens is 1. The summed E-state index contributed by atoms with van der Waals surface area (Å²) in [5.74, 6) is -0.227. The zero-order valence-electron chi connectivity index (χ0n) is 18.4. The second kappa shape index (κ2) is 9.07. The molecule has 4 heterocycles. The average Bonchev–Trinajstić information content (AvgIpc) is 3.55.